The fraction of sp³-hybridized carbons (Fsp3) is 0.842. The largest absolute Gasteiger partial charge is 0.396 e. The van der Waals surface area contributed by atoms with Crippen LogP contribution in [0, 0.1) is 17.8 Å². The van der Waals surface area contributed by atoms with Gasteiger partial charge in [-0.2, -0.15) is 0 Å². The number of allylic oxidation sites excluding steroid dienone is 1. The second-order valence-electron chi connectivity index (χ2n) is 7.73. The molecule has 7 nitrogen and oxygen atoms in total. The van der Waals surface area contributed by atoms with E-state index in [2.05, 4.69) is 0 Å². The van der Waals surface area contributed by atoms with Crippen LogP contribution in [0.4, 0.5) is 0 Å². The van der Waals surface area contributed by atoms with Crippen molar-refractivity contribution < 1.29 is 34.7 Å². The maximum atomic E-state index is 12.8. The summed E-state index contributed by atoms with van der Waals surface area (Å²) in [6.45, 7) is 6.61. The van der Waals surface area contributed by atoms with Crippen molar-refractivity contribution >= 4 is 5.78 Å². The summed E-state index contributed by atoms with van der Waals surface area (Å²) in [5.74, 6) is -3.83. The van der Waals surface area contributed by atoms with Gasteiger partial charge in [0.05, 0.1) is 43.4 Å². The van der Waals surface area contributed by atoms with Gasteiger partial charge >= 0.3 is 0 Å². The average Bonchev–Trinajstić information content (AvgIpc) is 3.29. The summed E-state index contributed by atoms with van der Waals surface area (Å²) in [4.78, 5) is 12.8. The second kappa shape index (κ2) is 8.04. The van der Waals surface area contributed by atoms with Gasteiger partial charge in [0.1, 0.15) is 11.4 Å². The van der Waals surface area contributed by atoms with Gasteiger partial charge in [-0.25, -0.2) is 0 Å². The van der Waals surface area contributed by atoms with Crippen molar-refractivity contribution in [2.75, 3.05) is 13.2 Å². The molecule has 2 saturated heterocycles. The van der Waals surface area contributed by atoms with Gasteiger partial charge in [0.15, 0.2) is 5.79 Å². The first-order chi connectivity index (χ1) is 12.1. The van der Waals surface area contributed by atoms with Crippen LogP contribution in [0.2, 0.25) is 0 Å². The van der Waals surface area contributed by atoms with Crippen LogP contribution >= 0.6 is 0 Å². The van der Waals surface area contributed by atoms with Gasteiger partial charge in [-0.1, -0.05) is 26.0 Å². The average molecular weight is 372 g/mol. The van der Waals surface area contributed by atoms with Crippen LogP contribution in [0.1, 0.15) is 40.5 Å². The van der Waals surface area contributed by atoms with Gasteiger partial charge in [-0.15, -0.1) is 0 Å². The third kappa shape index (κ3) is 4.03. The Hall–Kier alpha value is -0.830. The van der Waals surface area contributed by atoms with Gasteiger partial charge in [0.25, 0.3) is 0 Å². The Bertz CT molecular complexity index is 536. The lowest BCUT2D eigenvalue weighted by Gasteiger charge is -2.39. The van der Waals surface area contributed by atoms with Gasteiger partial charge < -0.3 is 29.9 Å². The molecule has 0 saturated carbocycles. The summed E-state index contributed by atoms with van der Waals surface area (Å²) < 4.78 is 11.0. The van der Waals surface area contributed by atoms with Crippen LogP contribution < -0.4 is 0 Å². The van der Waals surface area contributed by atoms with E-state index in [1.807, 2.05) is 26.0 Å². The zero-order valence-corrected chi connectivity index (χ0v) is 16.0. The number of carbonyl (C=O) groups excluding carboxylic acids is 1. The third-order valence-corrected chi connectivity index (χ3v) is 5.83. The molecule has 0 spiro atoms. The van der Waals surface area contributed by atoms with Crippen LogP contribution in [0.5, 0.6) is 0 Å². The van der Waals surface area contributed by atoms with Crippen molar-refractivity contribution in [1.82, 2.24) is 0 Å². The van der Waals surface area contributed by atoms with E-state index in [0.717, 1.165) is 0 Å². The minimum atomic E-state index is -1.44. The van der Waals surface area contributed by atoms with E-state index in [9.17, 15) is 25.2 Å². The molecule has 2 unspecified atom stereocenters. The van der Waals surface area contributed by atoms with Crippen molar-refractivity contribution in [2.45, 2.75) is 70.2 Å². The first-order valence-corrected chi connectivity index (χ1v) is 9.31. The predicted molar refractivity (Wildman–Crippen MR) is 94.2 cm³/mol. The molecule has 2 rings (SSSR count). The maximum Gasteiger partial charge on any atom is 0.167 e. The summed E-state index contributed by atoms with van der Waals surface area (Å²) in [7, 11) is 0. The monoisotopic (exact) mass is 372 g/mol. The number of Topliss-reactive ketones (excluding diaryl/α,β-unsaturated/α-hetero) is 1. The lowest BCUT2D eigenvalue weighted by atomic mass is 9.78. The van der Waals surface area contributed by atoms with E-state index in [-0.39, 0.29) is 25.0 Å². The molecule has 2 fully saturated rings. The molecule has 4 N–H and O–H groups in total. The van der Waals surface area contributed by atoms with E-state index in [0.29, 0.717) is 6.42 Å². The van der Waals surface area contributed by atoms with E-state index in [1.54, 1.807) is 13.8 Å². The first kappa shape index (κ1) is 21.5. The van der Waals surface area contributed by atoms with Crippen LogP contribution in [-0.4, -0.2) is 69.1 Å². The zero-order chi connectivity index (χ0) is 19.7. The molecule has 2 aliphatic heterocycles. The van der Waals surface area contributed by atoms with Crippen molar-refractivity contribution in [2.24, 2.45) is 17.8 Å². The van der Waals surface area contributed by atoms with Crippen LogP contribution in [0.3, 0.4) is 0 Å². The summed E-state index contributed by atoms with van der Waals surface area (Å²) >= 11 is 0. The summed E-state index contributed by atoms with van der Waals surface area (Å²) in [5, 5.41) is 40.9. The van der Waals surface area contributed by atoms with Gasteiger partial charge in [-0.3, -0.25) is 4.79 Å². The standard InChI is InChI=1S/C19H32O7/c1-5-7-11(3)17-18(4,26-17)16(23)12(9-20)15(22)13-10-25-19(24,6-2)8-14(13)21/h5,7,11-14,16-17,20-21,23-24H,6,8-10H2,1-4H3/t11-,12-,13-,14-,16-,17+,18?,19?/m0/s1. The molecular formula is C19H32O7. The van der Waals surface area contributed by atoms with Gasteiger partial charge in [0, 0.05) is 12.3 Å². The number of ether oxygens (including phenoxy) is 2. The normalized spacial score (nSPS) is 41.0. The van der Waals surface area contributed by atoms with E-state index < -0.39 is 47.8 Å². The number of rotatable bonds is 8. The number of aliphatic hydroxyl groups excluding tert-OH is 3. The molecule has 0 radical (unpaired) electrons. The SMILES string of the molecule is CC=C[C@H](C)[C@H]1OC1(C)[C@@H](O)[C@@H](CO)C(=O)[C@H]1COC(O)(CC)C[C@@H]1O. The van der Waals surface area contributed by atoms with Crippen molar-refractivity contribution in [3.05, 3.63) is 12.2 Å². The van der Waals surface area contributed by atoms with E-state index >= 15 is 0 Å². The molecule has 0 aromatic rings. The molecule has 150 valence electrons. The second-order valence-corrected chi connectivity index (χ2v) is 7.73. The Labute approximate surface area is 154 Å². The number of hydrogen-bond acceptors (Lipinski definition) is 7. The fourth-order valence-corrected chi connectivity index (χ4v) is 3.93. The van der Waals surface area contributed by atoms with Gasteiger partial charge in [-0.05, 0) is 20.3 Å². The highest BCUT2D eigenvalue weighted by atomic mass is 16.6. The Morgan fingerprint density at radius 2 is 2.08 bits per heavy atom. The molecule has 0 aromatic heterocycles. The quantitative estimate of drug-likeness (QED) is 0.359. The number of hydrogen-bond donors (Lipinski definition) is 4. The Morgan fingerprint density at radius 3 is 2.58 bits per heavy atom. The number of aliphatic hydroxyl groups is 4. The maximum absolute atomic E-state index is 12.8. The van der Waals surface area contributed by atoms with Crippen LogP contribution in [0.25, 0.3) is 0 Å². The number of epoxide rings is 1. The lowest BCUT2D eigenvalue weighted by molar-refractivity contribution is -0.258. The summed E-state index contributed by atoms with van der Waals surface area (Å²) in [5.41, 5.74) is -0.924. The molecular weight excluding hydrogens is 340 g/mol. The van der Waals surface area contributed by atoms with E-state index in [1.165, 1.54) is 0 Å². The third-order valence-electron chi connectivity index (χ3n) is 5.83. The zero-order valence-electron chi connectivity index (χ0n) is 16.0. The topological polar surface area (TPSA) is 120 Å². The van der Waals surface area contributed by atoms with Crippen molar-refractivity contribution in [3.8, 4) is 0 Å². The summed E-state index contributed by atoms with van der Waals surface area (Å²) in [6, 6.07) is 0. The molecule has 0 aromatic carbocycles. The highest BCUT2D eigenvalue weighted by Crippen LogP contribution is 2.47. The van der Waals surface area contributed by atoms with Crippen LogP contribution in [0.15, 0.2) is 12.2 Å². The van der Waals surface area contributed by atoms with Gasteiger partial charge in [0.2, 0.25) is 0 Å². The molecule has 0 aliphatic carbocycles. The van der Waals surface area contributed by atoms with Crippen LogP contribution in [-0.2, 0) is 14.3 Å². The fourth-order valence-electron chi connectivity index (χ4n) is 3.93. The Morgan fingerprint density at radius 1 is 1.42 bits per heavy atom. The number of carbonyl (C=O) groups is 1. The molecule has 7 heteroatoms. The van der Waals surface area contributed by atoms with Crippen molar-refractivity contribution in [3.63, 3.8) is 0 Å². The molecule has 0 bridgehead atoms. The lowest BCUT2D eigenvalue weighted by Crippen LogP contribution is -2.53. The highest BCUT2D eigenvalue weighted by Gasteiger charge is 2.62. The molecule has 2 aliphatic rings. The first-order valence-electron chi connectivity index (χ1n) is 9.31. The molecule has 8 atom stereocenters. The predicted octanol–water partition coefficient (Wildman–Crippen LogP) is 0.391. The number of ketones is 1. The molecule has 26 heavy (non-hydrogen) atoms. The molecule has 0 amide bonds. The minimum absolute atomic E-state index is 0.0669. The minimum Gasteiger partial charge on any atom is -0.396 e. The summed E-state index contributed by atoms with van der Waals surface area (Å²) in [6.07, 6.45) is 1.55. The van der Waals surface area contributed by atoms with Crippen molar-refractivity contribution in [1.29, 1.82) is 0 Å². The smallest absolute Gasteiger partial charge is 0.167 e. The molecule has 2 heterocycles. The van der Waals surface area contributed by atoms with E-state index in [4.69, 9.17) is 9.47 Å². The highest BCUT2D eigenvalue weighted by molar-refractivity contribution is 5.85. The Kier molecular flexibility index (Phi) is 6.64. The Balaban J connectivity index is 2.07.